The minimum absolute atomic E-state index is 0.00866. The molecule has 0 aliphatic carbocycles. The zero-order chi connectivity index (χ0) is 18.9. The van der Waals surface area contributed by atoms with Crippen LogP contribution in [-0.2, 0) is 14.3 Å². The fourth-order valence-electron chi connectivity index (χ4n) is 2.42. The Hall–Kier alpha value is -3.27. The van der Waals surface area contributed by atoms with E-state index in [0.29, 0.717) is 12.3 Å². The van der Waals surface area contributed by atoms with Crippen LogP contribution in [0, 0.1) is 11.3 Å². The Morgan fingerprint density at radius 3 is 2.88 bits per heavy atom. The monoisotopic (exact) mass is 355 g/mol. The average Bonchev–Trinajstić information content (AvgIpc) is 3.02. The van der Waals surface area contributed by atoms with Gasteiger partial charge in [-0.3, -0.25) is 4.79 Å². The van der Waals surface area contributed by atoms with E-state index >= 15 is 0 Å². The van der Waals surface area contributed by atoms with Crippen LogP contribution in [0.2, 0.25) is 0 Å². The second kappa shape index (κ2) is 9.28. The number of nitrogens with zero attached hydrogens (tertiary/aromatic N) is 2. The van der Waals surface area contributed by atoms with Crippen molar-refractivity contribution < 1.29 is 19.1 Å². The van der Waals surface area contributed by atoms with Gasteiger partial charge in [0, 0.05) is 12.6 Å². The first-order valence-electron chi connectivity index (χ1n) is 8.38. The predicted molar refractivity (Wildman–Crippen MR) is 96.1 cm³/mol. The number of anilines is 1. The van der Waals surface area contributed by atoms with Gasteiger partial charge in [0.2, 0.25) is 5.88 Å². The normalized spacial score (nSPS) is 13.9. The van der Waals surface area contributed by atoms with Gasteiger partial charge in [0.25, 0.3) is 5.91 Å². The lowest BCUT2D eigenvalue weighted by Crippen LogP contribution is -2.32. The van der Waals surface area contributed by atoms with Crippen LogP contribution in [0.25, 0.3) is 0 Å². The lowest BCUT2D eigenvalue weighted by Gasteiger charge is -2.19. The van der Waals surface area contributed by atoms with Crippen molar-refractivity contribution in [3.8, 4) is 11.8 Å². The first-order valence-corrected chi connectivity index (χ1v) is 8.38. The summed E-state index contributed by atoms with van der Waals surface area (Å²) >= 11 is 0. The number of benzene rings is 1. The molecule has 136 valence electrons. The number of carbonyl (C=O) groups excluding carboxylic acids is 2. The smallest absolute Gasteiger partial charge is 0.330 e. The van der Waals surface area contributed by atoms with Crippen molar-refractivity contribution in [3.63, 3.8) is 0 Å². The molecule has 0 saturated heterocycles. The fraction of sp³-hybridized carbons (Fsp3) is 0.316. The van der Waals surface area contributed by atoms with Gasteiger partial charge >= 0.3 is 5.97 Å². The van der Waals surface area contributed by atoms with Gasteiger partial charge in [0.1, 0.15) is 12.7 Å². The molecule has 1 aliphatic heterocycles. The highest BCUT2D eigenvalue weighted by Gasteiger charge is 2.31. The molecule has 1 N–H and O–H groups in total. The summed E-state index contributed by atoms with van der Waals surface area (Å²) in [7, 11) is 0. The molecule has 0 spiro atoms. The largest absolute Gasteiger partial charge is 0.461 e. The summed E-state index contributed by atoms with van der Waals surface area (Å²) in [5.41, 5.74) is 0.712. The van der Waals surface area contributed by atoms with Gasteiger partial charge in [-0.05, 0) is 18.6 Å². The highest BCUT2D eigenvalue weighted by atomic mass is 16.5. The molecule has 7 heteroatoms. The molecule has 7 nitrogen and oxygen atoms in total. The Kier molecular flexibility index (Phi) is 6.80. The number of ether oxygens (including phenoxy) is 2. The van der Waals surface area contributed by atoms with Crippen LogP contribution in [0.5, 0.6) is 5.75 Å². The van der Waals surface area contributed by atoms with E-state index in [9.17, 15) is 14.9 Å². The Morgan fingerprint density at radius 2 is 2.19 bits per heavy atom. The number of rotatable bonds is 8. The van der Waals surface area contributed by atoms with E-state index < -0.39 is 11.9 Å². The zero-order valence-corrected chi connectivity index (χ0v) is 14.7. The Bertz CT molecular complexity index is 764. The molecule has 0 saturated carbocycles. The summed E-state index contributed by atoms with van der Waals surface area (Å²) < 4.78 is 10.6. The van der Waals surface area contributed by atoms with Gasteiger partial charge in [-0.1, -0.05) is 32.1 Å². The van der Waals surface area contributed by atoms with Crippen molar-refractivity contribution in [2.24, 2.45) is 0 Å². The van der Waals surface area contributed by atoms with Gasteiger partial charge in [-0.15, -0.1) is 0 Å². The van der Waals surface area contributed by atoms with Crippen molar-refractivity contribution in [1.29, 1.82) is 5.26 Å². The van der Waals surface area contributed by atoms with Crippen LogP contribution in [0.3, 0.4) is 0 Å². The van der Waals surface area contributed by atoms with Crippen LogP contribution in [0.1, 0.15) is 19.8 Å². The predicted octanol–water partition coefficient (Wildman–Crippen LogP) is 2.27. The highest BCUT2D eigenvalue weighted by molar-refractivity contribution is 5.99. The number of amides is 1. The second-order valence-corrected chi connectivity index (χ2v) is 5.49. The summed E-state index contributed by atoms with van der Waals surface area (Å²) in [6.45, 7) is 6.06. The van der Waals surface area contributed by atoms with Crippen LogP contribution in [0.15, 0.2) is 48.4 Å². The highest BCUT2D eigenvalue weighted by Crippen LogP contribution is 2.39. The Labute approximate surface area is 152 Å². The maximum Gasteiger partial charge on any atom is 0.330 e. The topological polar surface area (TPSA) is 91.7 Å². The van der Waals surface area contributed by atoms with E-state index in [-0.39, 0.29) is 24.6 Å². The standard InChI is InChI=1S/C19H21N3O4/c1-3-5-11-22-15-8-6-7-9-16(15)26-19(22)14(13-20)18(24)21-10-12-25-17(23)4-2/h4,6-9H,2-3,5,10-12H2,1H3,(H,21,24). The van der Waals surface area contributed by atoms with Crippen LogP contribution in [0.4, 0.5) is 5.69 Å². The molecule has 0 unspecified atom stereocenters. The zero-order valence-electron chi connectivity index (χ0n) is 14.7. The molecule has 0 aromatic heterocycles. The maximum absolute atomic E-state index is 12.4. The molecule has 0 bridgehead atoms. The van der Waals surface area contributed by atoms with Gasteiger partial charge in [-0.2, -0.15) is 5.26 Å². The summed E-state index contributed by atoms with van der Waals surface area (Å²) in [5.74, 6) is -0.313. The molecule has 1 amide bonds. The number of para-hydroxylation sites is 2. The first kappa shape index (κ1) is 19.1. The number of nitriles is 1. The number of unbranched alkanes of at least 4 members (excludes halogenated alkanes) is 1. The molecule has 1 aromatic rings. The van der Waals surface area contributed by atoms with E-state index in [2.05, 4.69) is 18.8 Å². The van der Waals surface area contributed by atoms with Crippen LogP contribution >= 0.6 is 0 Å². The summed E-state index contributed by atoms with van der Waals surface area (Å²) in [6.07, 6.45) is 2.90. The summed E-state index contributed by atoms with van der Waals surface area (Å²) in [4.78, 5) is 25.2. The van der Waals surface area contributed by atoms with Gasteiger partial charge in [0.05, 0.1) is 12.2 Å². The SMILES string of the molecule is C=CC(=O)OCCNC(=O)C(C#N)=C1Oc2ccccc2N1CCCC. The third-order valence-corrected chi connectivity index (χ3v) is 3.69. The van der Waals surface area contributed by atoms with Crippen molar-refractivity contribution >= 4 is 17.6 Å². The fourth-order valence-corrected chi connectivity index (χ4v) is 2.42. The Balaban J connectivity index is 2.15. The number of hydrogen-bond acceptors (Lipinski definition) is 6. The number of nitrogens with one attached hydrogen (secondary N) is 1. The van der Waals surface area contributed by atoms with Gasteiger partial charge in [0.15, 0.2) is 11.3 Å². The molecule has 0 atom stereocenters. The number of esters is 1. The molecule has 1 aliphatic rings. The summed E-state index contributed by atoms with van der Waals surface area (Å²) in [5, 5.41) is 12.0. The number of carbonyl (C=O) groups is 2. The van der Waals surface area contributed by atoms with Crippen LogP contribution < -0.4 is 15.0 Å². The molecular weight excluding hydrogens is 334 g/mol. The Morgan fingerprint density at radius 1 is 1.42 bits per heavy atom. The number of hydrogen-bond donors (Lipinski definition) is 1. The lowest BCUT2D eigenvalue weighted by atomic mass is 10.2. The minimum Gasteiger partial charge on any atom is -0.461 e. The van der Waals surface area contributed by atoms with Crippen molar-refractivity contribution in [2.45, 2.75) is 19.8 Å². The van der Waals surface area contributed by atoms with Crippen molar-refractivity contribution in [2.75, 3.05) is 24.6 Å². The molecule has 1 aromatic carbocycles. The van der Waals surface area contributed by atoms with Gasteiger partial charge in [-0.25, -0.2) is 4.79 Å². The molecule has 2 rings (SSSR count). The lowest BCUT2D eigenvalue weighted by molar-refractivity contribution is -0.138. The molecule has 26 heavy (non-hydrogen) atoms. The van der Waals surface area contributed by atoms with Gasteiger partial charge < -0.3 is 19.7 Å². The van der Waals surface area contributed by atoms with E-state index in [4.69, 9.17) is 9.47 Å². The quantitative estimate of drug-likeness (QED) is 0.333. The van der Waals surface area contributed by atoms with Crippen molar-refractivity contribution in [3.05, 3.63) is 48.4 Å². The van der Waals surface area contributed by atoms with Crippen LogP contribution in [-0.4, -0.2) is 31.6 Å². The molecule has 0 fully saturated rings. The van der Waals surface area contributed by atoms with E-state index in [1.54, 1.807) is 6.07 Å². The molecule has 1 heterocycles. The average molecular weight is 355 g/mol. The maximum atomic E-state index is 12.4. The summed E-state index contributed by atoms with van der Waals surface area (Å²) in [6, 6.07) is 9.32. The molecule has 0 radical (unpaired) electrons. The third-order valence-electron chi connectivity index (χ3n) is 3.69. The van der Waals surface area contributed by atoms with E-state index in [1.165, 1.54) is 0 Å². The number of fused-ring (bicyclic) bond motifs is 1. The van der Waals surface area contributed by atoms with Crippen molar-refractivity contribution in [1.82, 2.24) is 5.32 Å². The van der Waals surface area contributed by atoms with E-state index in [1.807, 2.05) is 29.2 Å². The minimum atomic E-state index is -0.577. The van der Waals surface area contributed by atoms with E-state index in [0.717, 1.165) is 24.6 Å². The molecular formula is C19H21N3O4. The second-order valence-electron chi connectivity index (χ2n) is 5.49. The first-order chi connectivity index (χ1) is 12.6. The third kappa shape index (κ3) is 4.42.